The van der Waals surface area contributed by atoms with Crippen LogP contribution in [0.1, 0.15) is 39.5 Å². The van der Waals surface area contributed by atoms with Crippen LogP contribution in [-0.4, -0.2) is 12.6 Å². The highest BCUT2D eigenvalue weighted by atomic mass is 14.9. The highest BCUT2D eigenvalue weighted by Gasteiger charge is 2.36. The monoisotopic (exact) mass is 166 g/mol. The summed E-state index contributed by atoms with van der Waals surface area (Å²) in [5, 5.41) is 12.3. The molecule has 1 fully saturated rings. The normalized spacial score (nSPS) is 22.4. The number of nitrogens with one attached hydrogen (secondary N) is 1. The maximum Gasteiger partial charge on any atom is 0.0703 e. The first-order valence-corrected chi connectivity index (χ1v) is 4.87. The fourth-order valence-electron chi connectivity index (χ4n) is 1.45. The van der Waals surface area contributed by atoms with Gasteiger partial charge in [0.05, 0.1) is 11.5 Å². The summed E-state index contributed by atoms with van der Waals surface area (Å²) in [7, 11) is 0. The Balaban J connectivity index is 2.26. The minimum atomic E-state index is -0.0105. The van der Waals surface area contributed by atoms with Crippen LogP contribution >= 0.6 is 0 Å². The van der Waals surface area contributed by atoms with Crippen LogP contribution in [-0.2, 0) is 0 Å². The fraction of sp³-hybridized carbons (Fsp3) is 0.900. The Bertz CT molecular complexity index is 177. The molecule has 0 saturated heterocycles. The van der Waals surface area contributed by atoms with Crippen LogP contribution in [0.25, 0.3) is 0 Å². The molecule has 0 spiro atoms. The lowest BCUT2D eigenvalue weighted by atomic mass is 9.70. The zero-order valence-corrected chi connectivity index (χ0v) is 8.06. The summed E-state index contributed by atoms with van der Waals surface area (Å²) in [4.78, 5) is 0. The SMILES string of the molecule is CCC(C)NCC1(C#N)CCC1. The molecule has 0 aromatic carbocycles. The van der Waals surface area contributed by atoms with Gasteiger partial charge in [0.15, 0.2) is 0 Å². The Labute approximate surface area is 75.0 Å². The standard InChI is InChI=1S/C10H18N2/c1-3-9(2)12-8-10(7-11)5-4-6-10/h9,12H,3-6,8H2,1-2H3. The average Bonchev–Trinajstić information content (AvgIpc) is 2.03. The lowest BCUT2D eigenvalue weighted by molar-refractivity contribution is 0.200. The van der Waals surface area contributed by atoms with Crippen molar-refractivity contribution in [3.8, 4) is 6.07 Å². The highest BCUT2D eigenvalue weighted by molar-refractivity contribution is 5.06. The molecule has 1 rings (SSSR count). The third-order valence-corrected chi connectivity index (χ3v) is 2.95. The van der Waals surface area contributed by atoms with Crippen molar-refractivity contribution in [2.24, 2.45) is 5.41 Å². The van der Waals surface area contributed by atoms with E-state index in [-0.39, 0.29) is 5.41 Å². The predicted molar refractivity (Wildman–Crippen MR) is 49.7 cm³/mol. The fourth-order valence-corrected chi connectivity index (χ4v) is 1.45. The molecule has 1 atom stereocenters. The molecule has 0 aromatic rings. The van der Waals surface area contributed by atoms with Gasteiger partial charge in [0.25, 0.3) is 0 Å². The zero-order valence-electron chi connectivity index (χ0n) is 8.06. The molecule has 1 aliphatic carbocycles. The Morgan fingerprint density at radius 3 is 2.58 bits per heavy atom. The Kier molecular flexibility index (Phi) is 3.11. The van der Waals surface area contributed by atoms with Gasteiger partial charge in [0.1, 0.15) is 0 Å². The molecule has 0 aromatic heterocycles. The lowest BCUT2D eigenvalue weighted by Gasteiger charge is -2.36. The van der Waals surface area contributed by atoms with Crippen LogP contribution in [0.2, 0.25) is 0 Å². The number of rotatable bonds is 4. The molecule has 0 aliphatic heterocycles. The predicted octanol–water partition coefficient (Wildman–Crippen LogP) is 2.07. The first kappa shape index (κ1) is 9.54. The molecule has 1 saturated carbocycles. The third kappa shape index (κ3) is 1.98. The first-order valence-electron chi connectivity index (χ1n) is 4.87. The Morgan fingerprint density at radius 2 is 2.25 bits per heavy atom. The quantitative estimate of drug-likeness (QED) is 0.694. The smallest absolute Gasteiger partial charge is 0.0703 e. The summed E-state index contributed by atoms with van der Waals surface area (Å²) in [6.07, 6.45) is 4.55. The van der Waals surface area contributed by atoms with Crippen molar-refractivity contribution in [3.63, 3.8) is 0 Å². The van der Waals surface area contributed by atoms with E-state index in [1.54, 1.807) is 0 Å². The van der Waals surface area contributed by atoms with Gasteiger partial charge in [-0.3, -0.25) is 0 Å². The van der Waals surface area contributed by atoms with Crippen molar-refractivity contribution in [2.75, 3.05) is 6.54 Å². The Hall–Kier alpha value is -0.550. The second-order valence-electron chi connectivity index (χ2n) is 3.94. The van der Waals surface area contributed by atoms with E-state index in [1.165, 1.54) is 6.42 Å². The van der Waals surface area contributed by atoms with Crippen molar-refractivity contribution in [1.82, 2.24) is 5.32 Å². The number of hydrogen-bond donors (Lipinski definition) is 1. The van der Waals surface area contributed by atoms with E-state index in [1.807, 2.05) is 0 Å². The van der Waals surface area contributed by atoms with Crippen LogP contribution in [0.3, 0.4) is 0 Å². The second kappa shape index (κ2) is 3.91. The maximum atomic E-state index is 8.93. The van der Waals surface area contributed by atoms with E-state index in [2.05, 4.69) is 25.2 Å². The van der Waals surface area contributed by atoms with Gasteiger partial charge in [-0.25, -0.2) is 0 Å². The van der Waals surface area contributed by atoms with Crippen molar-refractivity contribution in [3.05, 3.63) is 0 Å². The topological polar surface area (TPSA) is 35.8 Å². The van der Waals surface area contributed by atoms with Gasteiger partial charge in [-0.05, 0) is 26.2 Å². The molecule has 0 bridgehead atoms. The number of nitriles is 1. The summed E-state index contributed by atoms with van der Waals surface area (Å²) in [6.45, 7) is 5.22. The van der Waals surface area contributed by atoms with Crippen LogP contribution in [0, 0.1) is 16.7 Å². The minimum Gasteiger partial charge on any atom is -0.313 e. The first-order chi connectivity index (χ1) is 5.72. The summed E-state index contributed by atoms with van der Waals surface area (Å²) in [5.74, 6) is 0. The van der Waals surface area contributed by atoms with E-state index >= 15 is 0 Å². The van der Waals surface area contributed by atoms with Crippen molar-refractivity contribution >= 4 is 0 Å². The number of hydrogen-bond acceptors (Lipinski definition) is 2. The lowest BCUT2D eigenvalue weighted by Crippen LogP contribution is -2.41. The molecule has 12 heavy (non-hydrogen) atoms. The molecule has 0 heterocycles. The zero-order chi connectivity index (χ0) is 9.03. The van der Waals surface area contributed by atoms with Crippen LogP contribution in [0.4, 0.5) is 0 Å². The molecular weight excluding hydrogens is 148 g/mol. The van der Waals surface area contributed by atoms with Gasteiger partial charge in [0.2, 0.25) is 0 Å². The number of nitrogens with zero attached hydrogens (tertiary/aromatic N) is 1. The molecule has 2 heteroatoms. The molecule has 0 radical (unpaired) electrons. The summed E-state index contributed by atoms with van der Waals surface area (Å²) < 4.78 is 0. The van der Waals surface area contributed by atoms with Gasteiger partial charge >= 0.3 is 0 Å². The van der Waals surface area contributed by atoms with Gasteiger partial charge in [-0.15, -0.1) is 0 Å². The summed E-state index contributed by atoms with van der Waals surface area (Å²) in [5.41, 5.74) is -0.0105. The van der Waals surface area contributed by atoms with Crippen molar-refractivity contribution in [2.45, 2.75) is 45.6 Å². The highest BCUT2D eigenvalue weighted by Crippen LogP contribution is 2.39. The largest absolute Gasteiger partial charge is 0.313 e. The average molecular weight is 166 g/mol. The van der Waals surface area contributed by atoms with Gasteiger partial charge < -0.3 is 5.32 Å². The van der Waals surface area contributed by atoms with Gasteiger partial charge in [0, 0.05) is 12.6 Å². The van der Waals surface area contributed by atoms with E-state index in [0.717, 1.165) is 25.8 Å². The van der Waals surface area contributed by atoms with Gasteiger partial charge in [-0.1, -0.05) is 13.3 Å². The molecular formula is C10H18N2. The molecule has 0 amide bonds. The van der Waals surface area contributed by atoms with E-state index in [0.29, 0.717) is 6.04 Å². The van der Waals surface area contributed by atoms with Crippen molar-refractivity contribution in [1.29, 1.82) is 5.26 Å². The maximum absolute atomic E-state index is 8.93. The summed E-state index contributed by atoms with van der Waals surface area (Å²) >= 11 is 0. The Morgan fingerprint density at radius 1 is 1.58 bits per heavy atom. The van der Waals surface area contributed by atoms with E-state index < -0.39 is 0 Å². The van der Waals surface area contributed by atoms with Crippen molar-refractivity contribution < 1.29 is 0 Å². The molecule has 1 N–H and O–H groups in total. The van der Waals surface area contributed by atoms with Crippen LogP contribution in [0.15, 0.2) is 0 Å². The molecule has 1 unspecified atom stereocenters. The van der Waals surface area contributed by atoms with E-state index in [9.17, 15) is 0 Å². The van der Waals surface area contributed by atoms with Gasteiger partial charge in [-0.2, -0.15) is 5.26 Å². The summed E-state index contributed by atoms with van der Waals surface area (Å²) in [6, 6.07) is 2.98. The molecule has 2 nitrogen and oxygen atoms in total. The molecule has 1 aliphatic rings. The van der Waals surface area contributed by atoms with Crippen LogP contribution in [0.5, 0.6) is 0 Å². The molecule has 68 valence electrons. The van der Waals surface area contributed by atoms with E-state index in [4.69, 9.17) is 5.26 Å². The van der Waals surface area contributed by atoms with Crippen LogP contribution < -0.4 is 5.32 Å². The third-order valence-electron chi connectivity index (χ3n) is 2.95. The minimum absolute atomic E-state index is 0.0105. The second-order valence-corrected chi connectivity index (χ2v) is 3.94.